The third-order valence-electron chi connectivity index (χ3n) is 3.08. The molecule has 0 atom stereocenters. The predicted molar refractivity (Wildman–Crippen MR) is 76.7 cm³/mol. The van der Waals surface area contributed by atoms with Gasteiger partial charge < -0.3 is 4.74 Å². The van der Waals surface area contributed by atoms with Gasteiger partial charge in [0, 0.05) is 18.7 Å². The van der Waals surface area contributed by atoms with E-state index in [-0.39, 0.29) is 5.69 Å². The molecule has 112 valence electrons. The Balaban J connectivity index is 2.28. The van der Waals surface area contributed by atoms with Crippen LogP contribution in [0.5, 0.6) is 0 Å². The molecule has 0 radical (unpaired) electrons. The van der Waals surface area contributed by atoms with Crippen LogP contribution in [0.1, 0.15) is 18.4 Å². The number of nitrogens with zero attached hydrogens (tertiary/aromatic N) is 2. The summed E-state index contributed by atoms with van der Waals surface area (Å²) < 4.78 is 4.48. The van der Waals surface area contributed by atoms with Crippen LogP contribution >= 0.6 is 0 Å². The maximum Gasteiger partial charge on any atom is 0.330 e. The molecule has 7 heteroatoms. The lowest BCUT2D eigenvalue weighted by Gasteiger charge is -2.27. The Morgan fingerprint density at radius 1 is 1.48 bits per heavy atom. The van der Waals surface area contributed by atoms with Gasteiger partial charge in [-0.3, -0.25) is 15.0 Å². The van der Waals surface area contributed by atoms with Crippen molar-refractivity contribution < 1.29 is 19.3 Å². The third kappa shape index (κ3) is 3.79. The number of ether oxygens (including phenoxy) is 1. The predicted octanol–water partition coefficient (Wildman–Crippen LogP) is 2.31. The van der Waals surface area contributed by atoms with E-state index in [1.54, 1.807) is 17.2 Å². The minimum atomic E-state index is -0.513. The minimum Gasteiger partial charge on any atom is -0.466 e. The van der Waals surface area contributed by atoms with Gasteiger partial charge in [-0.2, -0.15) is 0 Å². The lowest BCUT2D eigenvalue weighted by atomic mass is 10.1. The van der Waals surface area contributed by atoms with Gasteiger partial charge in [0.25, 0.3) is 5.69 Å². The van der Waals surface area contributed by atoms with Crippen LogP contribution in [0.25, 0.3) is 6.08 Å². The molecule has 0 unspecified atom stereocenters. The van der Waals surface area contributed by atoms with Crippen LogP contribution in [0.2, 0.25) is 0 Å². The number of anilines is 1. The molecule has 1 aromatic carbocycles. The van der Waals surface area contributed by atoms with Crippen molar-refractivity contribution in [2.75, 3.05) is 25.3 Å². The number of benzene rings is 1. The molecule has 7 nitrogen and oxygen atoms in total. The second-order valence-electron chi connectivity index (χ2n) is 4.50. The highest BCUT2D eigenvalue weighted by Crippen LogP contribution is 2.31. The van der Waals surface area contributed by atoms with E-state index in [2.05, 4.69) is 4.74 Å². The second-order valence-corrected chi connectivity index (χ2v) is 4.50. The maximum atomic E-state index is 11.2. The number of nitro groups is 1. The molecule has 1 aromatic rings. The van der Waals surface area contributed by atoms with E-state index in [0.29, 0.717) is 24.4 Å². The van der Waals surface area contributed by atoms with Crippen molar-refractivity contribution in [3.8, 4) is 0 Å². The first-order valence-electron chi connectivity index (χ1n) is 6.57. The summed E-state index contributed by atoms with van der Waals surface area (Å²) in [5.74, 6) is -0.513. The molecule has 1 fully saturated rings. The highest BCUT2D eigenvalue weighted by molar-refractivity contribution is 5.87. The fourth-order valence-corrected chi connectivity index (χ4v) is 2.02. The number of hydrogen-bond acceptors (Lipinski definition) is 6. The number of rotatable bonds is 4. The van der Waals surface area contributed by atoms with Gasteiger partial charge in [0.15, 0.2) is 0 Å². The molecule has 1 aliphatic rings. The van der Waals surface area contributed by atoms with Gasteiger partial charge in [0.2, 0.25) is 0 Å². The summed E-state index contributed by atoms with van der Waals surface area (Å²) in [5, 5.41) is 12.8. The van der Waals surface area contributed by atoms with Gasteiger partial charge in [-0.25, -0.2) is 9.86 Å². The van der Waals surface area contributed by atoms with Crippen molar-refractivity contribution in [2.45, 2.75) is 12.8 Å². The highest BCUT2D eigenvalue weighted by atomic mass is 16.7. The fraction of sp³-hybridized carbons (Fsp3) is 0.357. The van der Waals surface area contributed by atoms with Gasteiger partial charge in [0.05, 0.1) is 18.6 Å². The van der Waals surface area contributed by atoms with Crippen molar-refractivity contribution in [1.82, 2.24) is 0 Å². The molecule has 0 aromatic heterocycles. The smallest absolute Gasteiger partial charge is 0.330 e. The fourth-order valence-electron chi connectivity index (χ4n) is 2.02. The van der Waals surface area contributed by atoms with Gasteiger partial charge in [-0.1, -0.05) is 6.07 Å². The van der Waals surface area contributed by atoms with Crippen LogP contribution in [0, 0.1) is 10.1 Å². The van der Waals surface area contributed by atoms with E-state index < -0.39 is 10.9 Å². The molecule has 0 aliphatic carbocycles. The zero-order chi connectivity index (χ0) is 15.2. The van der Waals surface area contributed by atoms with Gasteiger partial charge >= 0.3 is 5.97 Å². The van der Waals surface area contributed by atoms with Crippen molar-refractivity contribution in [1.29, 1.82) is 0 Å². The summed E-state index contributed by atoms with van der Waals surface area (Å²) in [5.41, 5.74) is 0.923. The molecule has 1 saturated heterocycles. The summed E-state index contributed by atoms with van der Waals surface area (Å²) in [6.07, 6.45) is 4.57. The van der Waals surface area contributed by atoms with E-state index in [1.165, 1.54) is 25.3 Å². The molecule has 0 saturated carbocycles. The van der Waals surface area contributed by atoms with Crippen LogP contribution < -0.4 is 5.06 Å². The molecular formula is C14H16N2O5. The summed E-state index contributed by atoms with van der Waals surface area (Å²) in [4.78, 5) is 27.3. The quantitative estimate of drug-likeness (QED) is 0.366. The first-order chi connectivity index (χ1) is 10.1. The number of hydroxylamine groups is 1. The largest absolute Gasteiger partial charge is 0.466 e. The van der Waals surface area contributed by atoms with Crippen LogP contribution in [-0.4, -0.2) is 31.2 Å². The number of carbonyl (C=O) groups excluding carboxylic acids is 1. The van der Waals surface area contributed by atoms with Crippen molar-refractivity contribution in [3.63, 3.8) is 0 Å². The molecule has 1 aliphatic heterocycles. The average molecular weight is 292 g/mol. The average Bonchev–Trinajstić information content (AvgIpc) is 2.53. The Hall–Kier alpha value is -2.41. The number of nitro benzene ring substituents is 1. The zero-order valence-corrected chi connectivity index (χ0v) is 11.7. The van der Waals surface area contributed by atoms with Gasteiger partial charge in [0.1, 0.15) is 5.69 Å². The molecule has 0 N–H and O–H groups in total. The number of esters is 1. The third-order valence-corrected chi connectivity index (χ3v) is 3.08. The molecule has 0 amide bonds. The standard InChI is InChI=1S/C14H16N2O5/c1-20-14(17)7-5-11-4-6-12(13(10-11)16(18)19)15-8-2-3-9-21-15/h4-7,10H,2-3,8-9H2,1H3/b7-5+. The molecule has 0 bridgehead atoms. The van der Waals surface area contributed by atoms with E-state index in [4.69, 9.17) is 4.84 Å². The molecule has 2 rings (SSSR count). The van der Waals surface area contributed by atoms with E-state index in [0.717, 1.165) is 12.8 Å². The molecular weight excluding hydrogens is 276 g/mol. The zero-order valence-electron chi connectivity index (χ0n) is 11.7. The number of methoxy groups -OCH3 is 1. The first kappa shape index (κ1) is 15.0. The van der Waals surface area contributed by atoms with E-state index >= 15 is 0 Å². The Bertz CT molecular complexity index is 564. The molecule has 1 heterocycles. The Morgan fingerprint density at radius 2 is 2.29 bits per heavy atom. The van der Waals surface area contributed by atoms with Crippen molar-refractivity contribution in [2.24, 2.45) is 0 Å². The summed E-state index contributed by atoms with van der Waals surface area (Å²) in [6, 6.07) is 4.73. The monoisotopic (exact) mass is 292 g/mol. The normalized spacial score (nSPS) is 15.2. The van der Waals surface area contributed by atoms with Crippen molar-refractivity contribution >= 4 is 23.4 Å². The lowest BCUT2D eigenvalue weighted by Crippen LogP contribution is -2.30. The van der Waals surface area contributed by atoms with Crippen molar-refractivity contribution in [3.05, 3.63) is 40.0 Å². The minimum absolute atomic E-state index is 0.0519. The van der Waals surface area contributed by atoms with E-state index in [1.807, 2.05) is 0 Å². The number of hydrogen-bond donors (Lipinski definition) is 0. The van der Waals surface area contributed by atoms with Crippen LogP contribution in [-0.2, 0) is 14.4 Å². The Labute approximate surface area is 121 Å². The highest BCUT2D eigenvalue weighted by Gasteiger charge is 2.22. The van der Waals surface area contributed by atoms with Gasteiger partial charge in [-0.15, -0.1) is 0 Å². The summed E-state index contributed by atoms with van der Waals surface area (Å²) in [7, 11) is 1.27. The summed E-state index contributed by atoms with van der Waals surface area (Å²) in [6.45, 7) is 1.18. The van der Waals surface area contributed by atoms with Crippen LogP contribution in [0.4, 0.5) is 11.4 Å². The van der Waals surface area contributed by atoms with Crippen LogP contribution in [0.15, 0.2) is 24.3 Å². The SMILES string of the molecule is COC(=O)/C=C/c1ccc(N2CCCCO2)c([N+](=O)[O-])c1. The second kappa shape index (κ2) is 6.85. The van der Waals surface area contributed by atoms with E-state index in [9.17, 15) is 14.9 Å². The first-order valence-corrected chi connectivity index (χ1v) is 6.57. The molecule has 21 heavy (non-hydrogen) atoms. The molecule has 0 spiro atoms. The topological polar surface area (TPSA) is 81.9 Å². The summed E-state index contributed by atoms with van der Waals surface area (Å²) >= 11 is 0. The van der Waals surface area contributed by atoms with Gasteiger partial charge in [-0.05, 0) is 30.5 Å². The van der Waals surface area contributed by atoms with Crippen LogP contribution in [0.3, 0.4) is 0 Å². The maximum absolute atomic E-state index is 11.2. The Morgan fingerprint density at radius 3 is 2.90 bits per heavy atom. The lowest BCUT2D eigenvalue weighted by molar-refractivity contribution is -0.384. The number of carbonyl (C=O) groups is 1. The Kier molecular flexibility index (Phi) is 4.89.